The summed E-state index contributed by atoms with van der Waals surface area (Å²) in [4.78, 5) is 12.7. The van der Waals surface area contributed by atoms with Crippen molar-refractivity contribution in [3.63, 3.8) is 0 Å². The fourth-order valence-electron chi connectivity index (χ4n) is 3.87. The van der Waals surface area contributed by atoms with Gasteiger partial charge in [0.15, 0.2) is 0 Å². The highest BCUT2D eigenvalue weighted by Crippen LogP contribution is 2.59. The molecule has 2 atom stereocenters. The molecule has 128 valence electrons. The zero-order valence-corrected chi connectivity index (χ0v) is 15.1. The predicted octanol–water partition coefficient (Wildman–Crippen LogP) is 5.76. The lowest BCUT2D eigenvalue weighted by Crippen LogP contribution is -2.16. The fourth-order valence-corrected chi connectivity index (χ4v) is 3.87. The van der Waals surface area contributed by atoms with Gasteiger partial charge < -0.3 is 9.73 Å². The average Bonchev–Trinajstić information content (AvgIpc) is 2.91. The maximum Gasteiger partial charge on any atom is 0.228 e. The van der Waals surface area contributed by atoms with Crippen molar-refractivity contribution in [2.75, 3.05) is 5.32 Å². The monoisotopic (exact) mass is 333 g/mol. The number of hydrogen-bond donors (Lipinski definition) is 1. The quantitative estimate of drug-likeness (QED) is 0.619. The van der Waals surface area contributed by atoms with Crippen LogP contribution in [-0.4, -0.2) is 5.91 Å². The largest absolute Gasteiger partial charge is 0.456 e. The second-order valence-electron chi connectivity index (χ2n) is 7.87. The summed E-state index contributed by atoms with van der Waals surface area (Å²) in [7, 11) is 0. The number of rotatable bonds is 3. The molecule has 0 radical (unpaired) electrons. The van der Waals surface area contributed by atoms with Crippen LogP contribution in [0, 0.1) is 17.3 Å². The maximum absolute atomic E-state index is 12.7. The molecule has 0 spiro atoms. The summed E-state index contributed by atoms with van der Waals surface area (Å²) in [6.45, 7) is 8.48. The summed E-state index contributed by atoms with van der Waals surface area (Å²) in [6.07, 6.45) is 2.21. The molecular formula is C22H23NO2. The van der Waals surface area contributed by atoms with Crippen LogP contribution in [0.4, 0.5) is 5.69 Å². The van der Waals surface area contributed by atoms with Gasteiger partial charge >= 0.3 is 0 Å². The number of allylic oxidation sites excluding steroid dienone is 2. The Morgan fingerprint density at radius 2 is 1.80 bits per heavy atom. The predicted molar refractivity (Wildman–Crippen MR) is 103 cm³/mol. The van der Waals surface area contributed by atoms with E-state index in [1.807, 2.05) is 36.4 Å². The van der Waals surface area contributed by atoms with Crippen LogP contribution in [0.15, 0.2) is 58.5 Å². The fraction of sp³-hybridized carbons (Fsp3) is 0.318. The summed E-state index contributed by atoms with van der Waals surface area (Å²) in [6, 6.07) is 13.9. The third kappa shape index (κ3) is 2.64. The van der Waals surface area contributed by atoms with E-state index < -0.39 is 0 Å². The van der Waals surface area contributed by atoms with Gasteiger partial charge in [0.2, 0.25) is 5.91 Å². The molecule has 1 aliphatic rings. The molecular weight excluding hydrogens is 310 g/mol. The summed E-state index contributed by atoms with van der Waals surface area (Å²) in [5.41, 5.74) is 3.74. The number of furan rings is 1. The number of anilines is 1. The molecule has 1 saturated carbocycles. The molecule has 1 aromatic heterocycles. The van der Waals surface area contributed by atoms with Crippen molar-refractivity contribution in [3.8, 4) is 0 Å². The van der Waals surface area contributed by atoms with Crippen molar-refractivity contribution in [1.29, 1.82) is 0 Å². The van der Waals surface area contributed by atoms with Gasteiger partial charge in [-0.15, -0.1) is 0 Å². The minimum Gasteiger partial charge on any atom is -0.456 e. The summed E-state index contributed by atoms with van der Waals surface area (Å²) >= 11 is 0. The Balaban J connectivity index is 1.60. The van der Waals surface area contributed by atoms with Crippen LogP contribution in [-0.2, 0) is 4.79 Å². The lowest BCUT2D eigenvalue weighted by Gasteiger charge is -2.06. The van der Waals surface area contributed by atoms with E-state index in [0.717, 1.165) is 27.6 Å². The third-order valence-corrected chi connectivity index (χ3v) is 5.35. The van der Waals surface area contributed by atoms with Gasteiger partial charge in [-0.25, -0.2) is 0 Å². The van der Waals surface area contributed by atoms with Crippen molar-refractivity contribution in [3.05, 3.63) is 54.1 Å². The molecule has 2 aromatic carbocycles. The normalized spacial score (nSPS) is 21.3. The van der Waals surface area contributed by atoms with Crippen molar-refractivity contribution in [2.45, 2.75) is 27.7 Å². The first-order chi connectivity index (χ1) is 11.9. The first-order valence-electron chi connectivity index (χ1n) is 8.75. The molecule has 25 heavy (non-hydrogen) atoms. The molecule has 3 nitrogen and oxygen atoms in total. The van der Waals surface area contributed by atoms with E-state index in [4.69, 9.17) is 4.42 Å². The first-order valence-corrected chi connectivity index (χ1v) is 8.75. The van der Waals surface area contributed by atoms with Crippen molar-refractivity contribution in [2.24, 2.45) is 17.3 Å². The van der Waals surface area contributed by atoms with Crippen LogP contribution in [0.1, 0.15) is 27.7 Å². The Labute approximate surface area is 147 Å². The SMILES string of the molecule is CC(C)=CC1C(C(=O)Nc2ccc3c(c2)oc2ccccc23)C1(C)C. The molecule has 0 bridgehead atoms. The van der Waals surface area contributed by atoms with Gasteiger partial charge in [-0.3, -0.25) is 4.79 Å². The zero-order valence-electron chi connectivity index (χ0n) is 15.1. The van der Waals surface area contributed by atoms with Gasteiger partial charge in [-0.2, -0.15) is 0 Å². The molecule has 0 saturated heterocycles. The number of fused-ring (bicyclic) bond motifs is 3. The Morgan fingerprint density at radius 3 is 2.56 bits per heavy atom. The molecule has 1 N–H and O–H groups in total. The third-order valence-electron chi connectivity index (χ3n) is 5.35. The number of carbonyl (C=O) groups is 1. The number of amides is 1. The Bertz CT molecular complexity index is 1010. The highest BCUT2D eigenvalue weighted by Gasteiger charge is 2.60. The molecule has 4 rings (SSSR count). The van der Waals surface area contributed by atoms with Crippen molar-refractivity contribution in [1.82, 2.24) is 0 Å². The van der Waals surface area contributed by atoms with Gasteiger partial charge in [0.25, 0.3) is 0 Å². The number of carbonyl (C=O) groups excluding carboxylic acids is 1. The second kappa shape index (κ2) is 5.48. The molecule has 2 unspecified atom stereocenters. The van der Waals surface area contributed by atoms with Crippen LogP contribution in [0.25, 0.3) is 21.9 Å². The van der Waals surface area contributed by atoms with Gasteiger partial charge in [0.1, 0.15) is 11.2 Å². The maximum atomic E-state index is 12.7. The molecule has 1 aliphatic carbocycles. The topological polar surface area (TPSA) is 42.2 Å². The van der Waals surface area contributed by atoms with E-state index >= 15 is 0 Å². The van der Waals surface area contributed by atoms with Crippen LogP contribution in [0.2, 0.25) is 0 Å². The molecule has 3 heteroatoms. The lowest BCUT2D eigenvalue weighted by atomic mass is 10.1. The molecule has 1 fully saturated rings. The molecule has 1 amide bonds. The van der Waals surface area contributed by atoms with Crippen LogP contribution < -0.4 is 5.32 Å². The molecule has 3 aromatic rings. The van der Waals surface area contributed by atoms with Gasteiger partial charge in [0.05, 0.1) is 5.92 Å². The smallest absolute Gasteiger partial charge is 0.228 e. The number of para-hydroxylation sites is 1. The second-order valence-corrected chi connectivity index (χ2v) is 7.87. The lowest BCUT2D eigenvalue weighted by molar-refractivity contribution is -0.118. The first kappa shape index (κ1) is 15.9. The molecule has 0 aliphatic heterocycles. The average molecular weight is 333 g/mol. The Kier molecular flexibility index (Phi) is 3.50. The van der Waals surface area contributed by atoms with E-state index in [0.29, 0.717) is 5.92 Å². The van der Waals surface area contributed by atoms with Crippen molar-refractivity contribution < 1.29 is 9.21 Å². The summed E-state index contributed by atoms with van der Waals surface area (Å²) in [5, 5.41) is 5.24. The number of hydrogen-bond acceptors (Lipinski definition) is 2. The standard InChI is InChI=1S/C22H23NO2/c1-13(2)11-17-20(22(17,3)4)21(24)23-14-9-10-16-15-7-5-6-8-18(15)25-19(16)12-14/h5-12,17,20H,1-4H3,(H,23,24). The van der Waals surface area contributed by atoms with E-state index in [1.165, 1.54) is 5.57 Å². The van der Waals surface area contributed by atoms with Gasteiger partial charge in [-0.1, -0.05) is 43.7 Å². The van der Waals surface area contributed by atoms with E-state index in [9.17, 15) is 4.79 Å². The minimum atomic E-state index is 0.0187. The highest BCUT2D eigenvalue weighted by molar-refractivity contribution is 6.06. The van der Waals surface area contributed by atoms with E-state index in [2.05, 4.69) is 45.2 Å². The number of benzene rings is 2. The van der Waals surface area contributed by atoms with Crippen LogP contribution >= 0.6 is 0 Å². The summed E-state index contributed by atoms with van der Waals surface area (Å²) < 4.78 is 5.90. The minimum absolute atomic E-state index is 0.0187. The van der Waals surface area contributed by atoms with Gasteiger partial charge in [-0.05, 0) is 43.4 Å². The van der Waals surface area contributed by atoms with Crippen LogP contribution in [0.3, 0.4) is 0 Å². The molecule has 1 heterocycles. The van der Waals surface area contributed by atoms with E-state index in [-0.39, 0.29) is 17.2 Å². The van der Waals surface area contributed by atoms with E-state index in [1.54, 1.807) is 0 Å². The van der Waals surface area contributed by atoms with Crippen molar-refractivity contribution >= 4 is 33.5 Å². The summed E-state index contributed by atoms with van der Waals surface area (Å²) in [5.74, 6) is 0.421. The Hall–Kier alpha value is -2.55. The number of nitrogens with one attached hydrogen (secondary N) is 1. The zero-order chi connectivity index (χ0) is 17.8. The van der Waals surface area contributed by atoms with Crippen LogP contribution in [0.5, 0.6) is 0 Å². The van der Waals surface area contributed by atoms with Gasteiger partial charge in [0, 0.05) is 22.5 Å². The Morgan fingerprint density at radius 1 is 1.08 bits per heavy atom. The highest BCUT2D eigenvalue weighted by atomic mass is 16.3.